The highest BCUT2D eigenvalue weighted by Crippen LogP contribution is 2.36. The van der Waals surface area contributed by atoms with Gasteiger partial charge in [-0.2, -0.15) is 0 Å². The third kappa shape index (κ3) is 4.17. The SMILES string of the molecule is CNC(=O)C1COC2(CN(C(=O)CCc3ccccc3)C2)CN1CC1CC1. The van der Waals surface area contributed by atoms with Gasteiger partial charge in [-0.1, -0.05) is 30.3 Å². The molecule has 4 rings (SSSR count). The van der Waals surface area contributed by atoms with E-state index in [1.165, 1.54) is 18.4 Å². The van der Waals surface area contributed by atoms with E-state index in [2.05, 4.69) is 22.3 Å². The summed E-state index contributed by atoms with van der Waals surface area (Å²) in [6.07, 6.45) is 3.83. The van der Waals surface area contributed by atoms with Crippen molar-refractivity contribution in [3.63, 3.8) is 0 Å². The Bertz CT molecular complexity index is 683. The van der Waals surface area contributed by atoms with E-state index < -0.39 is 0 Å². The van der Waals surface area contributed by atoms with Gasteiger partial charge in [-0.25, -0.2) is 0 Å². The van der Waals surface area contributed by atoms with Crippen LogP contribution in [-0.2, 0) is 20.7 Å². The fourth-order valence-corrected chi connectivity index (χ4v) is 4.19. The highest BCUT2D eigenvalue weighted by molar-refractivity contribution is 5.82. The Morgan fingerprint density at radius 2 is 1.93 bits per heavy atom. The normalized spacial score (nSPS) is 24.5. The van der Waals surface area contributed by atoms with Gasteiger partial charge in [0, 0.05) is 26.6 Å². The van der Waals surface area contributed by atoms with Crippen LogP contribution in [0.25, 0.3) is 0 Å². The summed E-state index contributed by atoms with van der Waals surface area (Å²) in [7, 11) is 1.68. The summed E-state index contributed by atoms with van der Waals surface area (Å²) in [4.78, 5) is 28.9. The van der Waals surface area contributed by atoms with E-state index in [-0.39, 0.29) is 23.5 Å². The molecule has 1 aliphatic carbocycles. The minimum Gasteiger partial charge on any atom is -0.368 e. The van der Waals surface area contributed by atoms with Crippen LogP contribution in [0.3, 0.4) is 0 Å². The highest BCUT2D eigenvalue weighted by Gasteiger charge is 2.52. The predicted molar refractivity (Wildman–Crippen MR) is 102 cm³/mol. The first-order valence-corrected chi connectivity index (χ1v) is 10.00. The summed E-state index contributed by atoms with van der Waals surface area (Å²) in [6.45, 7) is 3.40. The Balaban J connectivity index is 1.30. The van der Waals surface area contributed by atoms with Gasteiger partial charge in [-0.15, -0.1) is 0 Å². The predicted octanol–water partition coefficient (Wildman–Crippen LogP) is 1.06. The molecular weight excluding hydrogens is 342 g/mol. The Morgan fingerprint density at radius 1 is 1.19 bits per heavy atom. The largest absolute Gasteiger partial charge is 0.368 e. The van der Waals surface area contributed by atoms with Crippen LogP contribution in [0.4, 0.5) is 0 Å². The van der Waals surface area contributed by atoms with Crippen molar-refractivity contribution in [3.05, 3.63) is 35.9 Å². The van der Waals surface area contributed by atoms with Gasteiger partial charge in [-0.3, -0.25) is 14.5 Å². The molecule has 1 atom stereocenters. The summed E-state index contributed by atoms with van der Waals surface area (Å²) < 4.78 is 6.12. The molecule has 2 aliphatic heterocycles. The van der Waals surface area contributed by atoms with Crippen molar-refractivity contribution in [2.75, 3.05) is 39.8 Å². The second kappa shape index (κ2) is 7.60. The number of benzene rings is 1. The van der Waals surface area contributed by atoms with E-state index in [1.54, 1.807) is 7.05 Å². The molecule has 2 heterocycles. The van der Waals surface area contributed by atoms with Crippen LogP contribution in [0, 0.1) is 5.92 Å². The summed E-state index contributed by atoms with van der Waals surface area (Å²) in [5.41, 5.74) is 0.904. The van der Waals surface area contributed by atoms with Crippen LogP contribution in [-0.4, -0.2) is 73.1 Å². The van der Waals surface area contributed by atoms with Gasteiger partial charge < -0.3 is 15.0 Å². The summed E-state index contributed by atoms with van der Waals surface area (Å²) in [6, 6.07) is 9.92. The first kappa shape index (κ1) is 18.4. The van der Waals surface area contributed by atoms with Crippen LogP contribution in [0.1, 0.15) is 24.8 Å². The van der Waals surface area contributed by atoms with Crippen molar-refractivity contribution in [1.82, 2.24) is 15.1 Å². The van der Waals surface area contributed by atoms with E-state index in [1.807, 2.05) is 23.1 Å². The van der Waals surface area contributed by atoms with Crippen LogP contribution in [0.5, 0.6) is 0 Å². The lowest BCUT2D eigenvalue weighted by atomic mass is 9.89. The van der Waals surface area contributed by atoms with E-state index in [4.69, 9.17) is 4.74 Å². The number of nitrogens with one attached hydrogen (secondary N) is 1. The maximum absolute atomic E-state index is 12.5. The standard InChI is InChI=1S/C21H29N3O3/c1-22-20(26)18-12-27-21(13-23(18)11-17-7-8-17)14-24(15-21)19(25)10-9-16-5-3-2-4-6-16/h2-6,17-18H,7-15H2,1H3,(H,22,26). The first-order valence-electron chi connectivity index (χ1n) is 10.00. The molecule has 1 unspecified atom stereocenters. The number of rotatable bonds is 6. The zero-order valence-electron chi connectivity index (χ0n) is 16.0. The average Bonchev–Trinajstić information content (AvgIpc) is 3.48. The molecule has 1 N–H and O–H groups in total. The maximum Gasteiger partial charge on any atom is 0.239 e. The van der Waals surface area contributed by atoms with Crippen molar-refractivity contribution in [3.8, 4) is 0 Å². The molecule has 0 radical (unpaired) electrons. The van der Waals surface area contributed by atoms with Gasteiger partial charge in [0.1, 0.15) is 11.6 Å². The average molecular weight is 371 g/mol. The van der Waals surface area contributed by atoms with Crippen molar-refractivity contribution < 1.29 is 14.3 Å². The lowest BCUT2D eigenvalue weighted by molar-refractivity contribution is -0.204. The van der Waals surface area contributed by atoms with Gasteiger partial charge in [0.05, 0.1) is 19.7 Å². The van der Waals surface area contributed by atoms with Crippen molar-refractivity contribution >= 4 is 11.8 Å². The molecule has 6 nitrogen and oxygen atoms in total. The van der Waals surface area contributed by atoms with Gasteiger partial charge in [-0.05, 0) is 30.7 Å². The topological polar surface area (TPSA) is 61.9 Å². The van der Waals surface area contributed by atoms with E-state index in [0.29, 0.717) is 26.1 Å². The number of likely N-dealkylation sites (N-methyl/N-ethyl adjacent to an activating group) is 1. The number of hydrogen-bond donors (Lipinski definition) is 1. The lowest BCUT2D eigenvalue weighted by Crippen LogP contribution is -2.73. The van der Waals surface area contributed by atoms with Crippen molar-refractivity contribution in [2.24, 2.45) is 5.92 Å². The zero-order valence-corrected chi connectivity index (χ0v) is 16.0. The molecule has 2 amide bonds. The minimum absolute atomic E-state index is 0.0283. The third-order valence-corrected chi connectivity index (χ3v) is 6.00. The Labute approximate surface area is 160 Å². The van der Waals surface area contributed by atoms with Crippen LogP contribution < -0.4 is 5.32 Å². The monoisotopic (exact) mass is 371 g/mol. The fourth-order valence-electron chi connectivity index (χ4n) is 4.19. The lowest BCUT2D eigenvalue weighted by Gasteiger charge is -2.55. The first-order chi connectivity index (χ1) is 13.1. The molecule has 1 spiro atoms. The van der Waals surface area contributed by atoms with Crippen LogP contribution in [0.15, 0.2) is 30.3 Å². The number of likely N-dealkylation sites (tertiary alicyclic amines) is 1. The Hall–Kier alpha value is -1.92. The van der Waals surface area contributed by atoms with Crippen LogP contribution >= 0.6 is 0 Å². The summed E-state index contributed by atoms with van der Waals surface area (Å²) in [5, 5.41) is 2.76. The number of amides is 2. The van der Waals surface area contributed by atoms with E-state index in [9.17, 15) is 9.59 Å². The molecule has 0 aromatic heterocycles. The van der Waals surface area contributed by atoms with Gasteiger partial charge >= 0.3 is 0 Å². The molecule has 3 aliphatic rings. The smallest absolute Gasteiger partial charge is 0.239 e. The summed E-state index contributed by atoms with van der Waals surface area (Å²) in [5.74, 6) is 0.937. The highest BCUT2D eigenvalue weighted by atomic mass is 16.5. The number of carbonyl (C=O) groups excluding carboxylic acids is 2. The summed E-state index contributed by atoms with van der Waals surface area (Å²) >= 11 is 0. The molecular formula is C21H29N3O3. The molecule has 27 heavy (non-hydrogen) atoms. The maximum atomic E-state index is 12.5. The number of aryl methyl sites for hydroxylation is 1. The number of morpholine rings is 1. The number of hydrogen-bond acceptors (Lipinski definition) is 4. The van der Waals surface area contributed by atoms with Crippen molar-refractivity contribution in [2.45, 2.75) is 37.3 Å². The quantitative estimate of drug-likeness (QED) is 0.812. The number of carbonyl (C=O) groups is 2. The molecule has 146 valence electrons. The van der Waals surface area contributed by atoms with Gasteiger partial charge in [0.25, 0.3) is 0 Å². The zero-order chi connectivity index (χ0) is 18.9. The van der Waals surface area contributed by atoms with Gasteiger partial charge in [0.15, 0.2) is 0 Å². The molecule has 2 saturated heterocycles. The van der Waals surface area contributed by atoms with E-state index in [0.717, 1.165) is 25.4 Å². The fraction of sp³-hybridized carbons (Fsp3) is 0.619. The third-order valence-electron chi connectivity index (χ3n) is 6.00. The molecule has 3 fully saturated rings. The Morgan fingerprint density at radius 3 is 2.59 bits per heavy atom. The van der Waals surface area contributed by atoms with Crippen LogP contribution in [0.2, 0.25) is 0 Å². The molecule has 1 aromatic rings. The second-order valence-electron chi connectivity index (χ2n) is 8.23. The molecule has 1 saturated carbocycles. The second-order valence-corrected chi connectivity index (χ2v) is 8.23. The number of nitrogens with zero attached hydrogens (tertiary/aromatic N) is 2. The molecule has 6 heteroatoms. The van der Waals surface area contributed by atoms with E-state index >= 15 is 0 Å². The Kier molecular flexibility index (Phi) is 5.19. The molecule has 1 aromatic carbocycles. The molecule has 0 bridgehead atoms. The number of ether oxygens (including phenoxy) is 1. The van der Waals surface area contributed by atoms with Gasteiger partial charge in [0.2, 0.25) is 11.8 Å². The van der Waals surface area contributed by atoms with Crippen molar-refractivity contribution in [1.29, 1.82) is 0 Å². The minimum atomic E-state index is -0.290.